The molecule has 1 N–H and O–H groups in total. The van der Waals surface area contributed by atoms with Crippen LogP contribution in [0.3, 0.4) is 0 Å². The van der Waals surface area contributed by atoms with Crippen molar-refractivity contribution >= 4 is 33.5 Å². The van der Waals surface area contributed by atoms with Crippen LogP contribution >= 0.6 is 11.6 Å². The number of aromatic nitrogens is 5. The summed E-state index contributed by atoms with van der Waals surface area (Å²) in [6, 6.07) is 5.48. The monoisotopic (exact) mass is 425 g/mol. The smallest absolute Gasteiger partial charge is 0.116 e. The minimum atomic E-state index is -2.02. The van der Waals surface area contributed by atoms with Crippen LogP contribution in [0.2, 0.25) is 5.02 Å². The number of benzene rings is 1. The molecule has 0 unspecified atom stereocenters. The second-order valence-electron chi connectivity index (χ2n) is 7.49. The zero-order chi connectivity index (χ0) is 22.5. The van der Waals surface area contributed by atoms with Gasteiger partial charge in [-0.05, 0) is 38.0 Å². The third-order valence-electron chi connectivity index (χ3n) is 5.41. The summed E-state index contributed by atoms with van der Waals surface area (Å²) in [6.45, 7) is 2.35. The van der Waals surface area contributed by atoms with Crippen LogP contribution in [-0.4, -0.2) is 42.3 Å². The molecule has 2 atom stereocenters. The zero-order valence-electron chi connectivity index (χ0n) is 18.4. The molecule has 1 aliphatic rings. The van der Waals surface area contributed by atoms with Crippen LogP contribution in [0.5, 0.6) is 0 Å². The third kappa shape index (κ3) is 3.53. The SMILES string of the molecule is [2H]C([2H])(c1cnc(CO)cn1)c1nc2cnc3ccc(Cl)cc3c2n1[C@@H]1CCO[C@H](C)C1. The molecule has 4 heterocycles. The number of rotatable bonds is 4. The number of pyridine rings is 1. The molecule has 4 aromatic rings. The molecule has 0 aliphatic carbocycles. The van der Waals surface area contributed by atoms with E-state index in [2.05, 4.69) is 15.0 Å². The number of imidazole rings is 1. The predicted molar refractivity (Wildman–Crippen MR) is 114 cm³/mol. The van der Waals surface area contributed by atoms with Gasteiger partial charge in [-0.2, -0.15) is 0 Å². The van der Waals surface area contributed by atoms with Gasteiger partial charge in [-0.25, -0.2) is 4.98 Å². The molecule has 0 saturated carbocycles. The fourth-order valence-electron chi connectivity index (χ4n) is 4.02. The maximum Gasteiger partial charge on any atom is 0.116 e. The van der Waals surface area contributed by atoms with Crippen LogP contribution in [-0.2, 0) is 17.7 Å². The molecule has 3 aromatic heterocycles. The van der Waals surface area contributed by atoms with Crippen molar-refractivity contribution in [2.75, 3.05) is 6.61 Å². The van der Waals surface area contributed by atoms with Crippen molar-refractivity contribution in [2.24, 2.45) is 0 Å². The van der Waals surface area contributed by atoms with Gasteiger partial charge in [0.25, 0.3) is 0 Å². The third-order valence-corrected chi connectivity index (χ3v) is 5.64. The number of hydrogen-bond acceptors (Lipinski definition) is 6. The quantitative estimate of drug-likeness (QED) is 0.534. The largest absolute Gasteiger partial charge is 0.390 e. The van der Waals surface area contributed by atoms with E-state index in [0.29, 0.717) is 22.8 Å². The summed E-state index contributed by atoms with van der Waals surface area (Å²) < 4.78 is 25.7. The second kappa shape index (κ2) is 7.91. The lowest BCUT2D eigenvalue weighted by Crippen LogP contribution is -2.26. The first kappa shape index (κ1) is 17.1. The normalized spacial score (nSPS) is 21.0. The number of halogens is 1. The Bertz CT molecular complexity index is 1300. The lowest BCUT2D eigenvalue weighted by molar-refractivity contribution is 0.00631. The van der Waals surface area contributed by atoms with Gasteiger partial charge in [0.1, 0.15) is 11.3 Å². The highest BCUT2D eigenvalue weighted by atomic mass is 35.5. The molecule has 1 aliphatic heterocycles. The zero-order valence-corrected chi connectivity index (χ0v) is 17.2. The molecule has 0 spiro atoms. The number of hydrogen-bond donors (Lipinski definition) is 1. The molecule has 1 saturated heterocycles. The first-order chi connectivity index (χ1) is 15.4. The highest BCUT2D eigenvalue weighted by molar-refractivity contribution is 6.31. The Labute approximate surface area is 181 Å². The maximum atomic E-state index is 9.26. The lowest BCUT2D eigenvalue weighted by Gasteiger charge is -2.30. The van der Waals surface area contributed by atoms with Gasteiger partial charge in [0.05, 0.1) is 47.5 Å². The Balaban J connectivity index is 1.78. The highest BCUT2D eigenvalue weighted by Crippen LogP contribution is 2.34. The van der Waals surface area contributed by atoms with E-state index in [-0.39, 0.29) is 30.3 Å². The van der Waals surface area contributed by atoms with E-state index < -0.39 is 6.37 Å². The molecular weight excluding hydrogens is 402 g/mol. The standard InChI is InChI=1S/C22H22ClN5O2/c1-13-6-17(4-5-30-13)28-21(8-15-9-25-16(12-29)10-24-15)27-20-11-26-19-3-2-14(23)7-18(19)22(20)28/h2-3,7,9-11,13,17,29H,4-6,8,12H2,1H3/t13-,17-/m1/s1/i8D2. The average molecular weight is 426 g/mol. The van der Waals surface area contributed by atoms with Crippen LogP contribution in [0.1, 0.15) is 45.8 Å². The van der Waals surface area contributed by atoms with Gasteiger partial charge in [-0.15, -0.1) is 0 Å². The summed E-state index contributed by atoms with van der Waals surface area (Å²) in [6.07, 6.45) is 3.90. The van der Waals surface area contributed by atoms with E-state index in [1.54, 1.807) is 12.3 Å². The Morgan fingerprint density at radius 2 is 2.03 bits per heavy atom. The molecule has 30 heavy (non-hydrogen) atoms. The van der Waals surface area contributed by atoms with E-state index in [9.17, 15) is 5.11 Å². The Morgan fingerprint density at radius 1 is 1.20 bits per heavy atom. The first-order valence-electron chi connectivity index (χ1n) is 10.9. The highest BCUT2D eigenvalue weighted by Gasteiger charge is 2.26. The number of aliphatic hydroxyl groups is 1. The topological polar surface area (TPSA) is 86.0 Å². The van der Waals surface area contributed by atoms with Crippen molar-refractivity contribution in [1.29, 1.82) is 0 Å². The molecule has 154 valence electrons. The molecule has 8 heteroatoms. The van der Waals surface area contributed by atoms with Gasteiger partial charge in [0.15, 0.2) is 0 Å². The van der Waals surface area contributed by atoms with Crippen molar-refractivity contribution in [1.82, 2.24) is 24.5 Å². The minimum Gasteiger partial charge on any atom is -0.390 e. The van der Waals surface area contributed by atoms with Crippen molar-refractivity contribution < 1.29 is 12.6 Å². The fourth-order valence-corrected chi connectivity index (χ4v) is 4.19. The Morgan fingerprint density at radius 3 is 2.80 bits per heavy atom. The van der Waals surface area contributed by atoms with Gasteiger partial charge in [0, 0.05) is 38.4 Å². The summed E-state index contributed by atoms with van der Waals surface area (Å²) in [5.74, 6) is 0.243. The molecule has 1 aromatic carbocycles. The Hall–Kier alpha value is -2.61. The summed E-state index contributed by atoms with van der Waals surface area (Å²) in [5, 5.41) is 10.7. The summed E-state index contributed by atoms with van der Waals surface area (Å²) in [4.78, 5) is 17.6. The number of fused-ring (bicyclic) bond motifs is 3. The predicted octanol–water partition coefficient (Wildman–Crippen LogP) is 3.85. The molecule has 0 amide bonds. The molecule has 5 rings (SSSR count). The van der Waals surface area contributed by atoms with Crippen LogP contribution < -0.4 is 0 Å². The molecule has 0 radical (unpaired) electrons. The fraction of sp³-hybridized carbons (Fsp3) is 0.364. The minimum absolute atomic E-state index is 0.0110. The maximum absolute atomic E-state index is 9.26. The van der Waals surface area contributed by atoms with E-state index >= 15 is 0 Å². The van der Waals surface area contributed by atoms with E-state index in [1.165, 1.54) is 12.4 Å². The van der Waals surface area contributed by atoms with Gasteiger partial charge < -0.3 is 14.4 Å². The van der Waals surface area contributed by atoms with E-state index in [0.717, 1.165) is 29.3 Å². The number of aliphatic hydroxyl groups excluding tert-OH is 1. The first-order valence-corrected chi connectivity index (χ1v) is 10.3. The number of ether oxygens (including phenoxy) is 1. The van der Waals surface area contributed by atoms with E-state index in [1.807, 2.05) is 23.6 Å². The van der Waals surface area contributed by atoms with Crippen molar-refractivity contribution in [2.45, 2.75) is 44.9 Å². The van der Waals surface area contributed by atoms with Gasteiger partial charge in [0.2, 0.25) is 0 Å². The van der Waals surface area contributed by atoms with E-state index in [4.69, 9.17) is 24.1 Å². The van der Waals surface area contributed by atoms with Crippen LogP contribution in [0, 0.1) is 0 Å². The summed E-state index contributed by atoms with van der Waals surface area (Å²) in [7, 11) is 0. The van der Waals surface area contributed by atoms with Crippen molar-refractivity contribution in [3.05, 3.63) is 59.0 Å². The second-order valence-corrected chi connectivity index (χ2v) is 7.93. The van der Waals surface area contributed by atoms with Gasteiger partial charge >= 0.3 is 0 Å². The molecular formula is C22H22ClN5O2. The Kier molecular flexibility index (Phi) is 4.51. The summed E-state index contributed by atoms with van der Waals surface area (Å²) in [5.41, 5.74) is 2.67. The van der Waals surface area contributed by atoms with Gasteiger partial charge in [-0.3, -0.25) is 15.0 Å². The van der Waals surface area contributed by atoms with Gasteiger partial charge in [-0.1, -0.05) is 11.6 Å². The van der Waals surface area contributed by atoms with Crippen molar-refractivity contribution in [3.63, 3.8) is 0 Å². The molecule has 0 bridgehead atoms. The van der Waals surface area contributed by atoms with Crippen LogP contribution in [0.4, 0.5) is 0 Å². The van der Waals surface area contributed by atoms with Crippen LogP contribution in [0.25, 0.3) is 21.9 Å². The van der Waals surface area contributed by atoms with Crippen molar-refractivity contribution in [3.8, 4) is 0 Å². The number of nitrogens with zero attached hydrogens (tertiary/aromatic N) is 5. The molecule has 1 fully saturated rings. The molecule has 7 nitrogen and oxygen atoms in total. The lowest BCUT2D eigenvalue weighted by atomic mass is 10.0. The average Bonchev–Trinajstić information content (AvgIpc) is 3.20. The van der Waals surface area contributed by atoms with Crippen LogP contribution in [0.15, 0.2) is 36.8 Å². The summed E-state index contributed by atoms with van der Waals surface area (Å²) >= 11 is 6.31.